The Morgan fingerprint density at radius 3 is 2.07 bits per heavy atom. The van der Waals surface area contributed by atoms with E-state index in [0.717, 1.165) is 5.76 Å². The predicted octanol–water partition coefficient (Wildman–Crippen LogP) is 3.88. The van der Waals surface area contributed by atoms with Crippen LogP contribution in [0.5, 0.6) is 0 Å². The second-order valence-electron chi connectivity index (χ2n) is 5.85. The first-order chi connectivity index (χ1) is 6.73. The number of allylic oxidation sites excluding steroid dienone is 3. The molecule has 0 heterocycles. The van der Waals surface area contributed by atoms with Gasteiger partial charge in [0.25, 0.3) is 0 Å². The van der Waals surface area contributed by atoms with Crippen LogP contribution in [-0.2, 0) is 4.43 Å². The second-order valence-corrected chi connectivity index (χ2v) is 8.18. The molecule has 1 atom stereocenters. The van der Waals surface area contributed by atoms with Gasteiger partial charge in [0.2, 0.25) is 9.04 Å². The molecule has 0 bridgehead atoms. The van der Waals surface area contributed by atoms with Crippen molar-refractivity contribution in [2.45, 2.75) is 47.7 Å². The SMILES string of the molecule is CC1=C(C)C(C(C)(C)C)C=C1O[SiH](C)C. The van der Waals surface area contributed by atoms with Crippen molar-refractivity contribution >= 4 is 9.04 Å². The molecule has 0 N–H and O–H groups in total. The highest BCUT2D eigenvalue weighted by molar-refractivity contribution is 6.48. The Morgan fingerprint density at radius 2 is 1.73 bits per heavy atom. The fourth-order valence-electron chi connectivity index (χ4n) is 2.11. The third-order valence-electron chi connectivity index (χ3n) is 3.04. The van der Waals surface area contributed by atoms with Gasteiger partial charge in [-0.05, 0) is 44.0 Å². The van der Waals surface area contributed by atoms with Crippen molar-refractivity contribution in [1.82, 2.24) is 0 Å². The minimum atomic E-state index is -0.973. The molecule has 0 aliphatic heterocycles. The monoisotopic (exact) mass is 224 g/mol. The lowest BCUT2D eigenvalue weighted by molar-refractivity contribution is 0.330. The Labute approximate surface area is 95.9 Å². The average Bonchev–Trinajstić information content (AvgIpc) is 2.30. The van der Waals surface area contributed by atoms with Crippen LogP contribution < -0.4 is 0 Å². The van der Waals surface area contributed by atoms with E-state index in [1.165, 1.54) is 11.1 Å². The molecular formula is C13H24OSi. The van der Waals surface area contributed by atoms with E-state index in [2.05, 4.69) is 53.8 Å². The van der Waals surface area contributed by atoms with Gasteiger partial charge >= 0.3 is 0 Å². The molecule has 2 heteroatoms. The van der Waals surface area contributed by atoms with Crippen molar-refractivity contribution in [2.75, 3.05) is 0 Å². The molecular weight excluding hydrogens is 200 g/mol. The van der Waals surface area contributed by atoms with Gasteiger partial charge in [0.1, 0.15) is 5.76 Å². The molecule has 1 unspecified atom stereocenters. The zero-order chi connectivity index (χ0) is 11.8. The van der Waals surface area contributed by atoms with E-state index in [1.54, 1.807) is 0 Å². The van der Waals surface area contributed by atoms with Crippen molar-refractivity contribution in [3.05, 3.63) is 23.0 Å². The first-order valence-corrected chi connectivity index (χ1v) is 8.57. The molecule has 0 amide bonds. The molecule has 1 nitrogen and oxygen atoms in total. The van der Waals surface area contributed by atoms with E-state index in [0.29, 0.717) is 11.3 Å². The van der Waals surface area contributed by atoms with Crippen LogP contribution in [0.15, 0.2) is 23.0 Å². The van der Waals surface area contributed by atoms with Crippen LogP contribution in [-0.4, -0.2) is 9.04 Å². The Morgan fingerprint density at radius 1 is 1.20 bits per heavy atom. The van der Waals surface area contributed by atoms with Gasteiger partial charge in [0.15, 0.2) is 0 Å². The van der Waals surface area contributed by atoms with Crippen molar-refractivity contribution in [2.24, 2.45) is 11.3 Å². The summed E-state index contributed by atoms with van der Waals surface area (Å²) in [5.74, 6) is 1.69. The third kappa shape index (κ3) is 2.74. The smallest absolute Gasteiger partial charge is 0.229 e. The Balaban J connectivity index is 2.94. The van der Waals surface area contributed by atoms with Crippen LogP contribution in [0.4, 0.5) is 0 Å². The summed E-state index contributed by atoms with van der Waals surface area (Å²) >= 11 is 0. The molecule has 0 aromatic carbocycles. The van der Waals surface area contributed by atoms with Crippen LogP contribution in [0.25, 0.3) is 0 Å². The summed E-state index contributed by atoms with van der Waals surface area (Å²) < 4.78 is 5.96. The molecule has 0 aromatic heterocycles. The average molecular weight is 224 g/mol. The van der Waals surface area contributed by atoms with Gasteiger partial charge in [-0.25, -0.2) is 0 Å². The largest absolute Gasteiger partial charge is 0.547 e. The third-order valence-corrected chi connectivity index (χ3v) is 3.77. The second kappa shape index (κ2) is 4.16. The Bertz CT molecular complexity index is 305. The first-order valence-electron chi connectivity index (χ1n) is 5.79. The summed E-state index contributed by atoms with van der Waals surface area (Å²) in [6, 6.07) is 0. The molecule has 0 saturated carbocycles. The predicted molar refractivity (Wildman–Crippen MR) is 69.4 cm³/mol. The topological polar surface area (TPSA) is 9.23 Å². The summed E-state index contributed by atoms with van der Waals surface area (Å²) in [6.45, 7) is 15.7. The van der Waals surface area contributed by atoms with Crippen molar-refractivity contribution in [3.8, 4) is 0 Å². The molecule has 1 rings (SSSR count). The maximum atomic E-state index is 5.96. The summed E-state index contributed by atoms with van der Waals surface area (Å²) in [6.07, 6.45) is 2.32. The zero-order valence-electron chi connectivity index (χ0n) is 11.1. The number of hydrogen-bond acceptors (Lipinski definition) is 1. The van der Waals surface area contributed by atoms with Crippen LogP contribution in [0.2, 0.25) is 13.1 Å². The highest BCUT2D eigenvalue weighted by Gasteiger charge is 2.31. The molecule has 0 spiro atoms. The lowest BCUT2D eigenvalue weighted by atomic mass is 9.78. The highest BCUT2D eigenvalue weighted by atomic mass is 28.3. The highest BCUT2D eigenvalue weighted by Crippen LogP contribution is 2.41. The maximum absolute atomic E-state index is 5.96. The molecule has 15 heavy (non-hydrogen) atoms. The lowest BCUT2D eigenvalue weighted by Crippen LogP contribution is -2.18. The Hall–Kier alpha value is -0.503. The fraction of sp³-hybridized carbons (Fsp3) is 0.692. The van der Waals surface area contributed by atoms with E-state index in [9.17, 15) is 0 Å². The fourth-order valence-corrected chi connectivity index (χ4v) is 2.87. The maximum Gasteiger partial charge on any atom is 0.229 e. The van der Waals surface area contributed by atoms with Crippen molar-refractivity contribution in [3.63, 3.8) is 0 Å². The van der Waals surface area contributed by atoms with Gasteiger partial charge < -0.3 is 4.43 Å². The summed E-state index contributed by atoms with van der Waals surface area (Å²) in [5, 5.41) is 0. The molecule has 0 radical (unpaired) electrons. The summed E-state index contributed by atoms with van der Waals surface area (Å²) in [4.78, 5) is 0. The molecule has 86 valence electrons. The molecule has 1 aliphatic carbocycles. The molecule has 0 fully saturated rings. The van der Waals surface area contributed by atoms with Gasteiger partial charge in [-0.2, -0.15) is 0 Å². The molecule has 1 aliphatic rings. The summed E-state index contributed by atoms with van der Waals surface area (Å²) in [7, 11) is -0.973. The van der Waals surface area contributed by atoms with E-state index in [4.69, 9.17) is 4.43 Å². The normalized spacial score (nSPS) is 22.4. The zero-order valence-corrected chi connectivity index (χ0v) is 12.3. The number of rotatable bonds is 2. The van der Waals surface area contributed by atoms with Crippen molar-refractivity contribution in [1.29, 1.82) is 0 Å². The van der Waals surface area contributed by atoms with Crippen LogP contribution in [0.1, 0.15) is 34.6 Å². The van der Waals surface area contributed by atoms with Crippen LogP contribution >= 0.6 is 0 Å². The standard InChI is InChI=1S/C13H24OSi/c1-9-10(2)12(14-15(6)7)8-11(9)13(3,4)5/h8,11,15H,1-7H3. The van der Waals surface area contributed by atoms with E-state index < -0.39 is 9.04 Å². The van der Waals surface area contributed by atoms with Crippen LogP contribution in [0, 0.1) is 11.3 Å². The molecule has 0 saturated heterocycles. The van der Waals surface area contributed by atoms with E-state index in [1.807, 2.05) is 0 Å². The van der Waals surface area contributed by atoms with Gasteiger partial charge in [0.05, 0.1) is 0 Å². The lowest BCUT2D eigenvalue weighted by Gasteiger charge is -2.26. The molecule has 0 aromatic rings. The van der Waals surface area contributed by atoms with E-state index >= 15 is 0 Å². The summed E-state index contributed by atoms with van der Waals surface area (Å²) in [5.41, 5.74) is 3.14. The first kappa shape index (κ1) is 12.6. The van der Waals surface area contributed by atoms with Gasteiger partial charge in [-0.15, -0.1) is 0 Å². The van der Waals surface area contributed by atoms with Gasteiger partial charge in [-0.1, -0.05) is 26.3 Å². The van der Waals surface area contributed by atoms with Gasteiger partial charge in [-0.3, -0.25) is 0 Å². The number of hydrogen-bond donors (Lipinski definition) is 0. The van der Waals surface area contributed by atoms with E-state index in [-0.39, 0.29) is 0 Å². The minimum absolute atomic E-state index is 0.301. The van der Waals surface area contributed by atoms with Crippen LogP contribution in [0.3, 0.4) is 0 Å². The Kier molecular flexibility index (Phi) is 3.49. The van der Waals surface area contributed by atoms with Crippen molar-refractivity contribution < 1.29 is 4.43 Å². The quantitative estimate of drug-likeness (QED) is 0.647. The van der Waals surface area contributed by atoms with Gasteiger partial charge in [0, 0.05) is 5.92 Å². The minimum Gasteiger partial charge on any atom is -0.547 e.